The highest BCUT2D eigenvalue weighted by Crippen LogP contribution is 2.27. The Hall–Kier alpha value is -3.48. The first-order chi connectivity index (χ1) is 13.6. The van der Waals surface area contributed by atoms with Gasteiger partial charge in [-0.3, -0.25) is 4.79 Å². The van der Waals surface area contributed by atoms with E-state index in [1.165, 1.54) is 6.33 Å². The SMILES string of the molecule is CC(OC(=O)c1ccc(-n2cncn2)cc1)C(=O)N1CCCc2ccccc21. The summed E-state index contributed by atoms with van der Waals surface area (Å²) in [4.78, 5) is 30.9. The predicted molar refractivity (Wildman–Crippen MR) is 103 cm³/mol. The van der Waals surface area contributed by atoms with E-state index in [0.29, 0.717) is 12.1 Å². The van der Waals surface area contributed by atoms with Crippen molar-refractivity contribution in [2.24, 2.45) is 0 Å². The Morgan fingerprint density at radius 2 is 1.89 bits per heavy atom. The third kappa shape index (κ3) is 3.51. The lowest BCUT2D eigenvalue weighted by molar-refractivity contribution is -0.126. The first kappa shape index (κ1) is 17.9. The fourth-order valence-corrected chi connectivity index (χ4v) is 3.35. The van der Waals surface area contributed by atoms with Gasteiger partial charge >= 0.3 is 5.97 Å². The van der Waals surface area contributed by atoms with Crippen LogP contribution in [-0.2, 0) is 16.0 Å². The fourth-order valence-electron chi connectivity index (χ4n) is 3.35. The summed E-state index contributed by atoms with van der Waals surface area (Å²) in [6.45, 7) is 2.24. The lowest BCUT2D eigenvalue weighted by atomic mass is 10.0. The standard InChI is InChI=1S/C21H20N4O3/c1-15(20(26)24-12-4-6-16-5-2-3-7-19(16)24)28-21(27)17-8-10-18(11-9-17)25-14-22-13-23-25/h2-3,5,7-11,13-15H,4,6,12H2,1H3. The van der Waals surface area contributed by atoms with E-state index in [2.05, 4.69) is 10.1 Å². The van der Waals surface area contributed by atoms with Crippen LogP contribution >= 0.6 is 0 Å². The third-order valence-electron chi connectivity index (χ3n) is 4.79. The van der Waals surface area contributed by atoms with Crippen molar-refractivity contribution in [2.45, 2.75) is 25.9 Å². The highest BCUT2D eigenvalue weighted by atomic mass is 16.5. The van der Waals surface area contributed by atoms with Gasteiger partial charge in [0.15, 0.2) is 6.10 Å². The molecule has 0 fully saturated rings. The van der Waals surface area contributed by atoms with Crippen molar-refractivity contribution in [1.29, 1.82) is 0 Å². The van der Waals surface area contributed by atoms with Gasteiger partial charge < -0.3 is 9.64 Å². The average Bonchev–Trinajstić information content (AvgIpc) is 3.28. The molecule has 0 saturated heterocycles. The van der Waals surface area contributed by atoms with Crippen molar-refractivity contribution in [3.63, 3.8) is 0 Å². The fraction of sp³-hybridized carbons (Fsp3) is 0.238. The van der Waals surface area contributed by atoms with Crippen LogP contribution in [0, 0.1) is 0 Å². The third-order valence-corrected chi connectivity index (χ3v) is 4.79. The normalized spacial score (nSPS) is 14.2. The van der Waals surface area contributed by atoms with Crippen LogP contribution in [0.25, 0.3) is 5.69 Å². The molecule has 0 radical (unpaired) electrons. The van der Waals surface area contributed by atoms with E-state index in [1.54, 1.807) is 47.1 Å². The summed E-state index contributed by atoms with van der Waals surface area (Å²) in [5, 5.41) is 4.04. The first-order valence-electron chi connectivity index (χ1n) is 9.19. The van der Waals surface area contributed by atoms with Gasteiger partial charge in [0.2, 0.25) is 0 Å². The number of fused-ring (bicyclic) bond motifs is 1. The minimum Gasteiger partial charge on any atom is -0.449 e. The molecule has 7 heteroatoms. The molecule has 2 aromatic carbocycles. The molecule has 4 rings (SSSR count). The number of para-hydroxylation sites is 1. The lowest BCUT2D eigenvalue weighted by Crippen LogP contribution is -2.42. The number of aryl methyl sites for hydroxylation is 1. The number of rotatable bonds is 4. The summed E-state index contributed by atoms with van der Waals surface area (Å²) in [5.41, 5.74) is 3.20. The molecule has 0 bridgehead atoms. The van der Waals surface area contributed by atoms with Gasteiger partial charge in [0.05, 0.1) is 11.3 Å². The highest BCUT2D eigenvalue weighted by Gasteiger charge is 2.28. The first-order valence-corrected chi connectivity index (χ1v) is 9.19. The largest absolute Gasteiger partial charge is 0.449 e. The number of anilines is 1. The van der Waals surface area contributed by atoms with Crippen LogP contribution in [0.4, 0.5) is 5.69 Å². The molecule has 1 amide bonds. The van der Waals surface area contributed by atoms with Crippen LogP contribution in [0.1, 0.15) is 29.3 Å². The second kappa shape index (κ2) is 7.64. The lowest BCUT2D eigenvalue weighted by Gasteiger charge is -2.31. The van der Waals surface area contributed by atoms with Crippen molar-refractivity contribution in [2.75, 3.05) is 11.4 Å². The van der Waals surface area contributed by atoms with Gasteiger partial charge in [-0.05, 0) is 55.7 Å². The monoisotopic (exact) mass is 376 g/mol. The zero-order valence-corrected chi connectivity index (χ0v) is 15.5. The smallest absolute Gasteiger partial charge is 0.338 e. The van der Waals surface area contributed by atoms with Crippen LogP contribution in [0.15, 0.2) is 61.2 Å². The van der Waals surface area contributed by atoms with Crippen molar-refractivity contribution < 1.29 is 14.3 Å². The molecule has 3 aromatic rings. The zero-order valence-electron chi connectivity index (χ0n) is 15.5. The van der Waals surface area contributed by atoms with Gasteiger partial charge in [0, 0.05) is 12.2 Å². The molecule has 28 heavy (non-hydrogen) atoms. The number of hydrogen-bond donors (Lipinski definition) is 0. The molecule has 1 atom stereocenters. The van der Waals surface area contributed by atoms with Gasteiger partial charge in [-0.1, -0.05) is 18.2 Å². The van der Waals surface area contributed by atoms with Crippen LogP contribution in [0.5, 0.6) is 0 Å². The van der Waals surface area contributed by atoms with Crippen LogP contribution in [0.2, 0.25) is 0 Å². The number of esters is 1. The molecule has 1 unspecified atom stereocenters. The quantitative estimate of drug-likeness (QED) is 0.655. The topological polar surface area (TPSA) is 77.3 Å². The molecule has 0 saturated carbocycles. The molecule has 0 spiro atoms. The Kier molecular flexibility index (Phi) is 4.89. The van der Waals surface area contributed by atoms with Gasteiger partial charge in [0.25, 0.3) is 5.91 Å². The van der Waals surface area contributed by atoms with Crippen LogP contribution < -0.4 is 4.90 Å². The van der Waals surface area contributed by atoms with E-state index in [4.69, 9.17) is 4.74 Å². The molecule has 1 aliphatic rings. The molecule has 1 aromatic heterocycles. The van der Waals surface area contributed by atoms with Gasteiger partial charge in [-0.25, -0.2) is 14.5 Å². The number of carbonyl (C=O) groups is 2. The maximum atomic E-state index is 12.9. The summed E-state index contributed by atoms with van der Waals surface area (Å²) in [6, 6.07) is 14.6. The number of ether oxygens (including phenoxy) is 1. The van der Waals surface area contributed by atoms with E-state index in [0.717, 1.165) is 29.8 Å². The van der Waals surface area contributed by atoms with Crippen LogP contribution in [-0.4, -0.2) is 39.3 Å². The minimum absolute atomic E-state index is 0.209. The number of benzene rings is 2. The molecular formula is C21H20N4O3. The maximum absolute atomic E-state index is 12.9. The number of carbonyl (C=O) groups excluding carboxylic acids is 2. The van der Waals surface area contributed by atoms with Gasteiger partial charge in [-0.2, -0.15) is 5.10 Å². The predicted octanol–water partition coefficient (Wildman–Crippen LogP) is 2.79. The van der Waals surface area contributed by atoms with E-state index < -0.39 is 12.1 Å². The average molecular weight is 376 g/mol. The summed E-state index contributed by atoms with van der Waals surface area (Å²) in [7, 11) is 0. The van der Waals surface area contributed by atoms with E-state index >= 15 is 0 Å². The Morgan fingerprint density at radius 3 is 2.64 bits per heavy atom. The summed E-state index contributed by atoms with van der Waals surface area (Å²) >= 11 is 0. The minimum atomic E-state index is -0.867. The van der Waals surface area contributed by atoms with E-state index in [-0.39, 0.29) is 5.91 Å². The van der Waals surface area contributed by atoms with Crippen molar-refractivity contribution >= 4 is 17.6 Å². The molecule has 0 aliphatic carbocycles. The van der Waals surface area contributed by atoms with E-state index in [9.17, 15) is 9.59 Å². The zero-order chi connectivity index (χ0) is 19.5. The van der Waals surface area contributed by atoms with Gasteiger partial charge in [-0.15, -0.1) is 0 Å². The Balaban J connectivity index is 1.44. The Bertz CT molecular complexity index is 983. The number of amides is 1. The van der Waals surface area contributed by atoms with Crippen molar-refractivity contribution in [1.82, 2.24) is 14.8 Å². The van der Waals surface area contributed by atoms with Crippen molar-refractivity contribution in [3.05, 3.63) is 72.3 Å². The molecule has 1 aliphatic heterocycles. The maximum Gasteiger partial charge on any atom is 0.338 e. The molecule has 7 nitrogen and oxygen atoms in total. The molecule has 0 N–H and O–H groups in total. The summed E-state index contributed by atoms with van der Waals surface area (Å²) < 4.78 is 7.02. The van der Waals surface area contributed by atoms with Crippen LogP contribution in [0.3, 0.4) is 0 Å². The second-order valence-corrected chi connectivity index (χ2v) is 6.66. The van der Waals surface area contributed by atoms with Crippen molar-refractivity contribution in [3.8, 4) is 5.69 Å². The Labute approximate surface area is 162 Å². The molecule has 2 heterocycles. The Morgan fingerprint density at radius 1 is 1.11 bits per heavy atom. The van der Waals surface area contributed by atoms with Gasteiger partial charge in [0.1, 0.15) is 12.7 Å². The number of nitrogens with zero attached hydrogens (tertiary/aromatic N) is 4. The highest BCUT2D eigenvalue weighted by molar-refractivity contribution is 5.99. The summed E-state index contributed by atoms with van der Waals surface area (Å²) in [6.07, 6.45) is 3.99. The number of hydrogen-bond acceptors (Lipinski definition) is 5. The van der Waals surface area contributed by atoms with E-state index in [1.807, 2.05) is 24.3 Å². The number of aromatic nitrogens is 3. The summed E-state index contributed by atoms with van der Waals surface area (Å²) in [5.74, 6) is -0.740. The molecule has 142 valence electrons. The molecular weight excluding hydrogens is 356 g/mol. The second-order valence-electron chi connectivity index (χ2n) is 6.66.